The molecule has 0 fully saturated rings. The van der Waals surface area contributed by atoms with Gasteiger partial charge in [0.25, 0.3) is 0 Å². The van der Waals surface area contributed by atoms with Crippen LogP contribution in [0.4, 0.5) is 5.69 Å². The fourth-order valence-electron chi connectivity index (χ4n) is 3.68. The Balaban J connectivity index is 0.00000267. The van der Waals surface area contributed by atoms with Gasteiger partial charge >= 0.3 is 0 Å². The number of nitrogens with zero attached hydrogens (tertiary/aromatic N) is 2. The van der Waals surface area contributed by atoms with E-state index in [0.717, 1.165) is 11.1 Å². The molecule has 1 heterocycles. The summed E-state index contributed by atoms with van der Waals surface area (Å²) in [7, 11) is 0. The lowest BCUT2D eigenvalue weighted by Crippen LogP contribution is -2.38. The third kappa shape index (κ3) is 9.22. The number of ether oxygens (including phenoxy) is 1. The van der Waals surface area contributed by atoms with Crippen molar-refractivity contribution in [2.45, 2.75) is 18.2 Å². The highest BCUT2D eigenvalue weighted by Gasteiger charge is 2.30. The summed E-state index contributed by atoms with van der Waals surface area (Å²) in [4.78, 5) is 16.3. The molecule has 2 atom stereocenters. The Bertz CT molecular complexity index is 1290. The molecule has 0 spiro atoms. The molecule has 0 aliphatic carbocycles. The number of rotatable bonds is 9. The maximum absolute atomic E-state index is 12.6. The van der Waals surface area contributed by atoms with Crippen LogP contribution in [0.15, 0.2) is 73.1 Å². The molecule has 4 rings (SSSR count). The molecule has 3 N–H and O–H groups in total. The van der Waals surface area contributed by atoms with Crippen LogP contribution < -0.4 is 5.32 Å². The molecule has 39 heavy (non-hydrogen) atoms. The summed E-state index contributed by atoms with van der Waals surface area (Å²) in [5.41, 5.74) is 1.60. The Labute approximate surface area is 263 Å². The number of carbonyl (C=O) groups excluding carboxylic acids is 1. The van der Waals surface area contributed by atoms with Gasteiger partial charge in [-0.25, -0.2) is 0 Å². The van der Waals surface area contributed by atoms with E-state index in [1.165, 1.54) is 0 Å². The van der Waals surface area contributed by atoms with Crippen LogP contribution in [0.3, 0.4) is 0 Å². The van der Waals surface area contributed by atoms with E-state index in [0.29, 0.717) is 37.5 Å². The van der Waals surface area contributed by atoms with E-state index in [4.69, 9.17) is 74.3 Å². The van der Waals surface area contributed by atoms with Crippen LogP contribution in [-0.4, -0.2) is 39.9 Å². The number of hydrogen-bond acceptors (Lipinski definition) is 4. The molecule has 6 nitrogen and oxygen atoms in total. The third-order valence-electron chi connectivity index (χ3n) is 5.56. The monoisotopic (exact) mass is 671 g/mol. The minimum absolute atomic E-state index is 0. The SMILES string of the molecule is Cl.O.O=C(CN1C=CN(C(Cl)C(OCc2ccc(Cl)cc2Cl)c2ccc(Cl)cc2)C1)Nc1ccc(Cl)c(Cl)c1. The number of nitrogens with one attached hydrogen (secondary N) is 1. The maximum atomic E-state index is 12.6. The van der Waals surface area contributed by atoms with Gasteiger partial charge in [-0.05, 0) is 53.6 Å². The minimum atomic E-state index is -0.591. The highest BCUT2D eigenvalue weighted by molar-refractivity contribution is 6.42. The fourth-order valence-corrected chi connectivity index (χ4v) is 4.92. The van der Waals surface area contributed by atoms with Gasteiger partial charge in [-0.2, -0.15) is 0 Å². The van der Waals surface area contributed by atoms with Crippen LogP contribution >= 0.6 is 82.0 Å². The summed E-state index contributed by atoms with van der Waals surface area (Å²) in [6.07, 6.45) is 3.10. The first-order valence-corrected chi connectivity index (χ1v) is 13.4. The van der Waals surface area contributed by atoms with Crippen molar-refractivity contribution in [3.8, 4) is 0 Å². The number of halogens is 7. The predicted molar refractivity (Wildman–Crippen MR) is 164 cm³/mol. The Hall–Kier alpha value is -1.58. The largest absolute Gasteiger partial charge is 0.412 e. The molecule has 13 heteroatoms. The molecular weight excluding hydrogens is 650 g/mol. The number of alkyl halides is 1. The van der Waals surface area contributed by atoms with Gasteiger partial charge in [0, 0.05) is 33.2 Å². The zero-order valence-electron chi connectivity index (χ0n) is 20.1. The fraction of sp³-hybridized carbons (Fsp3) is 0.192. The van der Waals surface area contributed by atoms with Gasteiger partial charge in [0.05, 0.1) is 29.9 Å². The first-order valence-electron chi connectivity index (χ1n) is 11.1. The van der Waals surface area contributed by atoms with Gasteiger partial charge in [0.2, 0.25) is 5.91 Å². The van der Waals surface area contributed by atoms with Crippen LogP contribution in [-0.2, 0) is 16.1 Å². The topological polar surface area (TPSA) is 76.3 Å². The summed E-state index contributed by atoms with van der Waals surface area (Å²) >= 11 is 37.3. The molecule has 0 saturated carbocycles. The van der Waals surface area contributed by atoms with Gasteiger partial charge in [-0.3, -0.25) is 4.79 Å². The predicted octanol–water partition coefficient (Wildman–Crippen LogP) is 8.06. The average Bonchev–Trinajstić information content (AvgIpc) is 3.32. The second-order valence-corrected chi connectivity index (χ2v) is 10.8. The van der Waals surface area contributed by atoms with Crippen LogP contribution in [0.25, 0.3) is 0 Å². The van der Waals surface area contributed by atoms with E-state index in [2.05, 4.69) is 5.32 Å². The Morgan fingerprint density at radius 3 is 2.23 bits per heavy atom. The van der Waals surface area contributed by atoms with Crippen molar-refractivity contribution < 1.29 is 15.0 Å². The van der Waals surface area contributed by atoms with E-state index < -0.39 is 11.6 Å². The summed E-state index contributed by atoms with van der Waals surface area (Å²) < 4.78 is 6.27. The van der Waals surface area contributed by atoms with Gasteiger partial charge in [0.1, 0.15) is 11.6 Å². The summed E-state index contributed by atoms with van der Waals surface area (Å²) in [5, 5.41) is 5.26. The molecule has 1 amide bonds. The summed E-state index contributed by atoms with van der Waals surface area (Å²) in [6, 6.07) is 17.5. The zero-order chi connectivity index (χ0) is 26.5. The van der Waals surface area contributed by atoms with Crippen molar-refractivity contribution in [1.82, 2.24) is 9.80 Å². The number of benzene rings is 3. The van der Waals surface area contributed by atoms with Crippen molar-refractivity contribution in [1.29, 1.82) is 0 Å². The number of hydrogen-bond donors (Lipinski definition) is 1. The number of carbonyl (C=O) groups is 1. The lowest BCUT2D eigenvalue weighted by atomic mass is 10.1. The lowest BCUT2D eigenvalue weighted by Gasteiger charge is -2.31. The number of amides is 1. The molecular formula is C26H24Cl7N3O3. The molecule has 1 aliphatic rings. The smallest absolute Gasteiger partial charge is 0.243 e. The van der Waals surface area contributed by atoms with Crippen molar-refractivity contribution in [2.24, 2.45) is 0 Å². The standard InChI is InChI=1S/C26H21Cl6N3O2.ClH.H2O/c27-18-4-1-16(2-5-18)25(37-14-17-3-6-19(28)11-22(17)30)26(32)35-10-9-34(15-35)13-24(36)33-20-7-8-21(29)23(31)12-20;;/h1-12,25-26H,13-15H2,(H,33,36);1H;1H2. The second-order valence-electron chi connectivity index (χ2n) is 8.27. The highest BCUT2D eigenvalue weighted by atomic mass is 35.5. The van der Waals surface area contributed by atoms with E-state index in [1.807, 2.05) is 34.2 Å². The maximum Gasteiger partial charge on any atom is 0.243 e. The quantitative estimate of drug-likeness (QED) is 0.184. The average molecular weight is 675 g/mol. The van der Waals surface area contributed by atoms with Crippen molar-refractivity contribution in [2.75, 3.05) is 18.5 Å². The number of anilines is 1. The Morgan fingerprint density at radius 1 is 0.872 bits per heavy atom. The molecule has 0 aromatic heterocycles. The molecule has 0 saturated heterocycles. The normalized spacial score (nSPS) is 13.9. The molecule has 0 radical (unpaired) electrons. The van der Waals surface area contributed by atoms with E-state index in [-0.39, 0.29) is 36.9 Å². The van der Waals surface area contributed by atoms with Crippen LogP contribution in [0.5, 0.6) is 0 Å². The second kappa shape index (κ2) is 15.4. The van der Waals surface area contributed by atoms with Gasteiger partial charge in [0.15, 0.2) is 0 Å². The molecule has 0 bridgehead atoms. The van der Waals surface area contributed by atoms with Crippen molar-refractivity contribution in [3.63, 3.8) is 0 Å². The zero-order valence-corrected chi connectivity index (χ0v) is 25.4. The molecule has 1 aliphatic heterocycles. The highest BCUT2D eigenvalue weighted by Crippen LogP contribution is 2.33. The van der Waals surface area contributed by atoms with E-state index in [1.54, 1.807) is 48.7 Å². The molecule has 210 valence electrons. The van der Waals surface area contributed by atoms with Gasteiger partial charge in [-0.15, -0.1) is 12.4 Å². The first kappa shape index (κ1) is 33.6. The third-order valence-corrected chi connectivity index (χ3v) is 7.62. The minimum Gasteiger partial charge on any atom is -0.412 e. The Morgan fingerprint density at radius 2 is 1.56 bits per heavy atom. The molecule has 2 unspecified atom stereocenters. The lowest BCUT2D eigenvalue weighted by molar-refractivity contribution is -0.117. The summed E-state index contributed by atoms with van der Waals surface area (Å²) in [6.45, 7) is 0.724. The summed E-state index contributed by atoms with van der Waals surface area (Å²) in [5.74, 6) is -0.209. The molecule has 3 aromatic rings. The Kier molecular flexibility index (Phi) is 13.3. The van der Waals surface area contributed by atoms with E-state index >= 15 is 0 Å². The molecule has 3 aromatic carbocycles. The van der Waals surface area contributed by atoms with Crippen LogP contribution in [0.2, 0.25) is 25.1 Å². The van der Waals surface area contributed by atoms with Crippen molar-refractivity contribution >= 4 is 93.6 Å². The van der Waals surface area contributed by atoms with Crippen molar-refractivity contribution in [3.05, 3.63) is 109 Å². The van der Waals surface area contributed by atoms with E-state index in [9.17, 15) is 4.79 Å². The van der Waals surface area contributed by atoms with Crippen LogP contribution in [0.1, 0.15) is 17.2 Å². The van der Waals surface area contributed by atoms with Gasteiger partial charge in [-0.1, -0.05) is 87.8 Å². The van der Waals surface area contributed by atoms with Crippen LogP contribution in [0, 0.1) is 0 Å². The van der Waals surface area contributed by atoms with Gasteiger partial charge < -0.3 is 25.3 Å². The first-order chi connectivity index (χ1) is 17.7.